The third-order valence-corrected chi connectivity index (χ3v) is 2.89. The van der Waals surface area contributed by atoms with Gasteiger partial charge in [-0.2, -0.15) is 0 Å². The zero-order valence-electron chi connectivity index (χ0n) is 9.93. The second-order valence-corrected chi connectivity index (χ2v) is 4.36. The Morgan fingerprint density at radius 2 is 2.17 bits per heavy atom. The normalized spacial score (nSPS) is 17.7. The highest BCUT2D eigenvalue weighted by molar-refractivity contribution is 5.80. The van der Waals surface area contributed by atoms with Gasteiger partial charge in [-0.05, 0) is 24.6 Å². The molecule has 0 saturated heterocycles. The maximum atomic E-state index is 11.1. The lowest BCUT2D eigenvalue weighted by molar-refractivity contribution is 0.116. The van der Waals surface area contributed by atoms with Crippen molar-refractivity contribution in [2.24, 2.45) is 0 Å². The first-order chi connectivity index (χ1) is 8.63. The van der Waals surface area contributed by atoms with Gasteiger partial charge < -0.3 is 13.9 Å². The second-order valence-electron chi connectivity index (χ2n) is 4.36. The van der Waals surface area contributed by atoms with Gasteiger partial charge in [-0.1, -0.05) is 6.58 Å². The summed E-state index contributed by atoms with van der Waals surface area (Å²) in [4.78, 5) is 11.1. The zero-order valence-corrected chi connectivity index (χ0v) is 9.93. The largest absolute Gasteiger partial charge is 0.485 e. The average molecular weight is 244 g/mol. The number of hydrogen-bond acceptors (Lipinski definition) is 4. The van der Waals surface area contributed by atoms with Crippen LogP contribution in [0, 0.1) is 0 Å². The van der Waals surface area contributed by atoms with E-state index in [9.17, 15) is 4.79 Å². The van der Waals surface area contributed by atoms with Gasteiger partial charge in [0.2, 0.25) is 0 Å². The van der Waals surface area contributed by atoms with E-state index in [0.717, 1.165) is 11.0 Å². The van der Waals surface area contributed by atoms with Crippen LogP contribution in [0.15, 0.2) is 45.6 Å². The minimum Gasteiger partial charge on any atom is -0.485 e. The van der Waals surface area contributed by atoms with Crippen molar-refractivity contribution in [2.45, 2.75) is 13.0 Å². The molecule has 0 spiro atoms. The summed E-state index contributed by atoms with van der Waals surface area (Å²) in [5.41, 5.74) is 1.04. The van der Waals surface area contributed by atoms with Crippen LogP contribution in [-0.4, -0.2) is 12.7 Å². The van der Waals surface area contributed by atoms with Crippen LogP contribution in [0.5, 0.6) is 11.5 Å². The van der Waals surface area contributed by atoms with E-state index in [-0.39, 0.29) is 11.7 Å². The third kappa shape index (κ3) is 1.76. The van der Waals surface area contributed by atoms with Gasteiger partial charge in [0.05, 0.1) is 0 Å². The fourth-order valence-corrected chi connectivity index (χ4v) is 1.88. The summed E-state index contributed by atoms with van der Waals surface area (Å²) in [7, 11) is 0. The minimum atomic E-state index is -0.376. The molecule has 0 aliphatic carbocycles. The molecule has 0 N–H and O–H groups in total. The van der Waals surface area contributed by atoms with Crippen molar-refractivity contribution >= 4 is 11.0 Å². The van der Waals surface area contributed by atoms with Crippen LogP contribution in [0.3, 0.4) is 0 Å². The second kappa shape index (κ2) is 3.91. The Labute approximate surface area is 103 Å². The minimum absolute atomic E-state index is 0.134. The molecule has 1 aromatic carbocycles. The monoisotopic (exact) mass is 244 g/mol. The van der Waals surface area contributed by atoms with E-state index in [1.165, 1.54) is 6.07 Å². The number of hydrogen-bond donors (Lipinski definition) is 0. The number of benzene rings is 1. The van der Waals surface area contributed by atoms with Crippen molar-refractivity contribution in [3.8, 4) is 11.5 Å². The maximum Gasteiger partial charge on any atom is 0.336 e. The van der Waals surface area contributed by atoms with E-state index in [1.807, 2.05) is 13.0 Å². The summed E-state index contributed by atoms with van der Waals surface area (Å²) in [5, 5.41) is 0.805. The van der Waals surface area contributed by atoms with Gasteiger partial charge in [-0.15, -0.1) is 0 Å². The van der Waals surface area contributed by atoms with Gasteiger partial charge in [-0.3, -0.25) is 0 Å². The number of fused-ring (bicyclic) bond motifs is 2. The summed E-state index contributed by atoms with van der Waals surface area (Å²) >= 11 is 0. The van der Waals surface area contributed by atoms with Gasteiger partial charge in [0, 0.05) is 17.5 Å². The highest BCUT2D eigenvalue weighted by Gasteiger charge is 2.22. The third-order valence-electron chi connectivity index (χ3n) is 2.89. The van der Waals surface area contributed by atoms with Crippen LogP contribution in [-0.2, 0) is 0 Å². The highest BCUT2D eigenvalue weighted by atomic mass is 16.6. The Bertz CT molecular complexity index is 684. The van der Waals surface area contributed by atoms with Crippen molar-refractivity contribution in [1.29, 1.82) is 0 Å². The molecule has 0 saturated carbocycles. The smallest absolute Gasteiger partial charge is 0.336 e. The molecule has 18 heavy (non-hydrogen) atoms. The van der Waals surface area contributed by atoms with E-state index in [4.69, 9.17) is 13.9 Å². The molecule has 2 aromatic rings. The van der Waals surface area contributed by atoms with Crippen LogP contribution < -0.4 is 15.1 Å². The van der Waals surface area contributed by atoms with Crippen molar-refractivity contribution < 1.29 is 13.9 Å². The van der Waals surface area contributed by atoms with Crippen molar-refractivity contribution in [1.82, 2.24) is 0 Å². The molecule has 0 amide bonds. The van der Waals surface area contributed by atoms with Gasteiger partial charge >= 0.3 is 5.63 Å². The van der Waals surface area contributed by atoms with Gasteiger partial charge in [0.15, 0.2) is 17.6 Å². The lowest BCUT2D eigenvalue weighted by Gasteiger charge is -2.26. The molecule has 92 valence electrons. The van der Waals surface area contributed by atoms with E-state index in [1.54, 1.807) is 12.1 Å². The summed E-state index contributed by atoms with van der Waals surface area (Å²) in [5.74, 6) is 1.24. The van der Waals surface area contributed by atoms with Gasteiger partial charge in [0.1, 0.15) is 12.2 Å². The quantitative estimate of drug-likeness (QED) is 0.571. The molecule has 0 fully saturated rings. The van der Waals surface area contributed by atoms with Gasteiger partial charge in [0.25, 0.3) is 0 Å². The Hall–Kier alpha value is -2.23. The Balaban J connectivity index is 2.11. The Morgan fingerprint density at radius 1 is 1.33 bits per heavy atom. The fraction of sp³-hybridized carbons (Fsp3) is 0.214. The van der Waals surface area contributed by atoms with Crippen LogP contribution >= 0.6 is 0 Å². The van der Waals surface area contributed by atoms with Crippen LogP contribution in [0.2, 0.25) is 0 Å². The molecule has 0 radical (unpaired) electrons. The van der Waals surface area contributed by atoms with Crippen molar-refractivity contribution in [2.75, 3.05) is 6.61 Å². The molecule has 1 atom stereocenters. The van der Waals surface area contributed by atoms with E-state index >= 15 is 0 Å². The van der Waals surface area contributed by atoms with Crippen LogP contribution in [0.4, 0.5) is 0 Å². The Morgan fingerprint density at radius 3 is 2.94 bits per heavy atom. The summed E-state index contributed by atoms with van der Waals surface area (Å²) in [6, 6.07) is 6.58. The topological polar surface area (TPSA) is 48.7 Å². The molecular weight excluding hydrogens is 232 g/mol. The summed E-state index contributed by atoms with van der Waals surface area (Å²) < 4.78 is 16.5. The standard InChI is InChI=1S/C14H12O4/c1-8(2)13-7-16-11-6-10-9(5-12(11)17-13)3-4-14(15)18-10/h3-6,13H,1,7H2,2H3/t13-/m1/s1. The van der Waals surface area contributed by atoms with Crippen molar-refractivity contribution in [3.63, 3.8) is 0 Å². The molecule has 1 aromatic heterocycles. The molecule has 4 heteroatoms. The summed E-state index contributed by atoms with van der Waals surface area (Å²) in [6.45, 7) is 6.18. The molecule has 0 unspecified atom stereocenters. The molecular formula is C14H12O4. The average Bonchev–Trinajstić information content (AvgIpc) is 2.35. The van der Waals surface area contributed by atoms with E-state index in [2.05, 4.69) is 6.58 Å². The lowest BCUT2D eigenvalue weighted by Crippen LogP contribution is -2.29. The predicted molar refractivity (Wildman–Crippen MR) is 67.2 cm³/mol. The number of ether oxygens (including phenoxy) is 2. The SMILES string of the molecule is C=C(C)[C@H]1COc2cc3oc(=O)ccc3cc2O1. The summed E-state index contributed by atoms with van der Waals surface area (Å²) in [6.07, 6.45) is -0.134. The molecule has 3 rings (SSSR count). The lowest BCUT2D eigenvalue weighted by atomic mass is 10.1. The molecule has 2 heterocycles. The fourth-order valence-electron chi connectivity index (χ4n) is 1.88. The predicted octanol–water partition coefficient (Wildman–Crippen LogP) is 2.51. The molecule has 1 aliphatic heterocycles. The first-order valence-corrected chi connectivity index (χ1v) is 5.66. The van der Waals surface area contributed by atoms with E-state index < -0.39 is 0 Å². The molecule has 1 aliphatic rings. The molecule has 4 nitrogen and oxygen atoms in total. The highest BCUT2D eigenvalue weighted by Crippen LogP contribution is 2.36. The number of rotatable bonds is 1. The first kappa shape index (κ1) is 10.9. The Kier molecular flexibility index (Phi) is 2.37. The zero-order chi connectivity index (χ0) is 12.7. The molecule has 0 bridgehead atoms. The van der Waals surface area contributed by atoms with Crippen LogP contribution in [0.25, 0.3) is 11.0 Å². The van der Waals surface area contributed by atoms with Crippen molar-refractivity contribution in [3.05, 3.63) is 46.8 Å². The van der Waals surface area contributed by atoms with E-state index in [0.29, 0.717) is 23.7 Å². The first-order valence-electron chi connectivity index (χ1n) is 5.66. The van der Waals surface area contributed by atoms with Crippen LogP contribution in [0.1, 0.15) is 6.92 Å². The van der Waals surface area contributed by atoms with Gasteiger partial charge in [-0.25, -0.2) is 4.79 Å². The maximum absolute atomic E-state index is 11.1.